The Labute approximate surface area is 121 Å². The van der Waals surface area contributed by atoms with Gasteiger partial charge in [-0.15, -0.1) is 0 Å². The SMILES string of the molecule is CC[C@@H](Cc1ncc(C)cc1C)NC(=O)OC(C)(C)C. The molecule has 1 amide bonds. The number of aromatic nitrogens is 1. The first-order valence-electron chi connectivity index (χ1n) is 7.13. The van der Waals surface area contributed by atoms with Crippen molar-refractivity contribution in [1.29, 1.82) is 0 Å². The lowest BCUT2D eigenvalue weighted by Crippen LogP contribution is -2.40. The van der Waals surface area contributed by atoms with Gasteiger partial charge in [-0.25, -0.2) is 4.79 Å². The molecular weight excluding hydrogens is 252 g/mol. The lowest BCUT2D eigenvalue weighted by atomic mass is 10.0. The van der Waals surface area contributed by atoms with Crippen LogP contribution in [-0.2, 0) is 11.2 Å². The van der Waals surface area contributed by atoms with Crippen LogP contribution in [0, 0.1) is 13.8 Å². The first-order chi connectivity index (χ1) is 9.21. The van der Waals surface area contributed by atoms with Crippen LogP contribution in [0.3, 0.4) is 0 Å². The molecule has 1 N–H and O–H groups in total. The number of amides is 1. The van der Waals surface area contributed by atoms with E-state index in [0.29, 0.717) is 0 Å². The lowest BCUT2D eigenvalue weighted by molar-refractivity contribution is 0.0502. The molecular formula is C16H26N2O2. The summed E-state index contributed by atoms with van der Waals surface area (Å²) in [6.07, 6.45) is 3.06. The highest BCUT2D eigenvalue weighted by Gasteiger charge is 2.19. The molecule has 4 heteroatoms. The number of hydrogen-bond acceptors (Lipinski definition) is 3. The molecule has 112 valence electrons. The number of nitrogens with zero attached hydrogens (tertiary/aromatic N) is 1. The molecule has 1 aromatic rings. The molecule has 0 saturated carbocycles. The predicted molar refractivity (Wildman–Crippen MR) is 80.9 cm³/mol. The molecule has 0 unspecified atom stereocenters. The summed E-state index contributed by atoms with van der Waals surface area (Å²) >= 11 is 0. The van der Waals surface area contributed by atoms with Crippen LogP contribution in [0.15, 0.2) is 12.3 Å². The third-order valence-electron chi connectivity index (χ3n) is 2.98. The summed E-state index contributed by atoms with van der Waals surface area (Å²) < 4.78 is 5.29. The minimum Gasteiger partial charge on any atom is -0.444 e. The Bertz CT molecular complexity index is 464. The summed E-state index contributed by atoms with van der Waals surface area (Å²) in [4.78, 5) is 16.3. The Balaban J connectivity index is 2.65. The second kappa shape index (κ2) is 6.73. The predicted octanol–water partition coefficient (Wildman–Crippen LogP) is 3.54. The van der Waals surface area contributed by atoms with Crippen LogP contribution in [-0.4, -0.2) is 22.7 Å². The number of rotatable bonds is 4. The summed E-state index contributed by atoms with van der Waals surface area (Å²) in [6, 6.07) is 2.15. The second-order valence-corrected chi connectivity index (χ2v) is 6.23. The monoisotopic (exact) mass is 278 g/mol. The van der Waals surface area contributed by atoms with Gasteiger partial charge in [-0.3, -0.25) is 4.98 Å². The van der Waals surface area contributed by atoms with Crippen molar-refractivity contribution in [2.24, 2.45) is 0 Å². The fraction of sp³-hybridized carbons (Fsp3) is 0.625. The Morgan fingerprint density at radius 3 is 2.55 bits per heavy atom. The lowest BCUT2D eigenvalue weighted by Gasteiger charge is -2.23. The number of nitrogens with one attached hydrogen (secondary N) is 1. The van der Waals surface area contributed by atoms with Crippen LogP contribution in [0.4, 0.5) is 4.79 Å². The van der Waals surface area contributed by atoms with E-state index >= 15 is 0 Å². The van der Waals surface area contributed by atoms with E-state index in [0.717, 1.165) is 29.7 Å². The number of hydrogen-bond donors (Lipinski definition) is 1. The van der Waals surface area contributed by atoms with Gasteiger partial charge in [0.25, 0.3) is 0 Å². The number of ether oxygens (including phenoxy) is 1. The molecule has 0 bridgehead atoms. The van der Waals surface area contributed by atoms with Gasteiger partial charge in [-0.2, -0.15) is 0 Å². The normalized spacial score (nSPS) is 12.9. The molecule has 0 radical (unpaired) electrons. The van der Waals surface area contributed by atoms with Crippen molar-refractivity contribution in [2.75, 3.05) is 0 Å². The van der Waals surface area contributed by atoms with E-state index in [1.54, 1.807) is 0 Å². The number of carbonyl (C=O) groups is 1. The molecule has 0 saturated heterocycles. The van der Waals surface area contributed by atoms with Gasteiger partial charge >= 0.3 is 6.09 Å². The molecule has 0 aromatic carbocycles. The van der Waals surface area contributed by atoms with Crippen LogP contribution in [0.2, 0.25) is 0 Å². The van der Waals surface area contributed by atoms with Crippen molar-refractivity contribution in [2.45, 2.75) is 66.0 Å². The minimum atomic E-state index is -0.472. The van der Waals surface area contributed by atoms with Gasteiger partial charge in [0, 0.05) is 24.4 Å². The van der Waals surface area contributed by atoms with Gasteiger partial charge in [0.15, 0.2) is 0 Å². The Kier molecular flexibility index (Phi) is 5.54. The second-order valence-electron chi connectivity index (χ2n) is 6.23. The topological polar surface area (TPSA) is 51.2 Å². The van der Waals surface area contributed by atoms with Crippen molar-refractivity contribution in [3.63, 3.8) is 0 Å². The summed E-state index contributed by atoms with van der Waals surface area (Å²) in [7, 11) is 0. The van der Waals surface area contributed by atoms with Crippen LogP contribution in [0.25, 0.3) is 0 Å². The van der Waals surface area contributed by atoms with E-state index in [1.165, 1.54) is 0 Å². The maximum absolute atomic E-state index is 11.8. The Morgan fingerprint density at radius 1 is 1.40 bits per heavy atom. The van der Waals surface area contributed by atoms with Gasteiger partial charge in [0.05, 0.1) is 0 Å². The van der Waals surface area contributed by atoms with Gasteiger partial charge in [0.1, 0.15) is 5.60 Å². The minimum absolute atomic E-state index is 0.0405. The van der Waals surface area contributed by atoms with Crippen molar-refractivity contribution in [3.8, 4) is 0 Å². The summed E-state index contributed by atoms with van der Waals surface area (Å²) in [5.41, 5.74) is 2.87. The van der Waals surface area contributed by atoms with Gasteiger partial charge in [-0.05, 0) is 52.2 Å². The zero-order valence-corrected chi connectivity index (χ0v) is 13.4. The van der Waals surface area contributed by atoms with Crippen LogP contribution >= 0.6 is 0 Å². The Hall–Kier alpha value is -1.58. The molecule has 0 aliphatic carbocycles. The number of pyridine rings is 1. The maximum atomic E-state index is 11.8. The number of alkyl carbamates (subject to hydrolysis) is 1. The molecule has 0 aliphatic rings. The molecule has 20 heavy (non-hydrogen) atoms. The molecule has 0 spiro atoms. The average Bonchev–Trinajstić information content (AvgIpc) is 2.29. The van der Waals surface area contributed by atoms with Gasteiger partial charge in [0.2, 0.25) is 0 Å². The van der Waals surface area contributed by atoms with Crippen molar-refractivity contribution in [3.05, 3.63) is 29.1 Å². The third kappa shape index (κ3) is 5.59. The van der Waals surface area contributed by atoms with Crippen LogP contribution in [0.1, 0.15) is 50.9 Å². The summed E-state index contributed by atoms with van der Waals surface area (Å²) in [5, 5.41) is 2.91. The van der Waals surface area contributed by atoms with Crippen LogP contribution < -0.4 is 5.32 Å². The highest BCUT2D eigenvalue weighted by atomic mass is 16.6. The first-order valence-corrected chi connectivity index (χ1v) is 7.13. The van der Waals surface area contributed by atoms with Gasteiger partial charge in [-0.1, -0.05) is 13.0 Å². The van der Waals surface area contributed by atoms with E-state index in [9.17, 15) is 4.79 Å². The van der Waals surface area contributed by atoms with E-state index in [4.69, 9.17) is 4.74 Å². The molecule has 0 fully saturated rings. The van der Waals surface area contributed by atoms with Crippen molar-refractivity contribution >= 4 is 6.09 Å². The van der Waals surface area contributed by atoms with Crippen molar-refractivity contribution < 1.29 is 9.53 Å². The summed E-state index contributed by atoms with van der Waals surface area (Å²) in [6.45, 7) is 11.7. The average molecular weight is 278 g/mol. The first kappa shape index (κ1) is 16.5. The van der Waals surface area contributed by atoms with E-state index in [-0.39, 0.29) is 12.1 Å². The Morgan fingerprint density at radius 2 is 2.05 bits per heavy atom. The zero-order chi connectivity index (χ0) is 15.3. The largest absolute Gasteiger partial charge is 0.444 e. The van der Waals surface area contributed by atoms with Crippen LogP contribution in [0.5, 0.6) is 0 Å². The summed E-state index contributed by atoms with van der Waals surface area (Å²) in [5.74, 6) is 0. The smallest absolute Gasteiger partial charge is 0.407 e. The molecule has 1 heterocycles. The third-order valence-corrected chi connectivity index (χ3v) is 2.98. The zero-order valence-electron chi connectivity index (χ0n) is 13.4. The van der Waals surface area contributed by atoms with Gasteiger partial charge < -0.3 is 10.1 Å². The quantitative estimate of drug-likeness (QED) is 0.916. The highest BCUT2D eigenvalue weighted by Crippen LogP contribution is 2.12. The fourth-order valence-electron chi connectivity index (χ4n) is 1.96. The number of carbonyl (C=O) groups excluding carboxylic acids is 1. The van der Waals surface area contributed by atoms with Crippen molar-refractivity contribution in [1.82, 2.24) is 10.3 Å². The molecule has 1 rings (SSSR count). The van der Waals surface area contributed by atoms with E-state index in [2.05, 4.69) is 23.3 Å². The number of aryl methyl sites for hydroxylation is 2. The molecule has 1 aromatic heterocycles. The van der Waals surface area contributed by atoms with E-state index < -0.39 is 5.60 Å². The molecule has 1 atom stereocenters. The standard InChI is InChI=1S/C16H26N2O2/c1-7-13(18-15(19)20-16(4,5)6)9-14-12(3)8-11(2)10-17-14/h8,10,13H,7,9H2,1-6H3,(H,18,19)/t13-/m0/s1. The highest BCUT2D eigenvalue weighted by molar-refractivity contribution is 5.68. The maximum Gasteiger partial charge on any atom is 0.407 e. The van der Waals surface area contributed by atoms with E-state index in [1.807, 2.05) is 40.8 Å². The fourth-order valence-corrected chi connectivity index (χ4v) is 1.96. The molecule has 4 nitrogen and oxygen atoms in total. The molecule has 0 aliphatic heterocycles.